The second-order valence-electron chi connectivity index (χ2n) is 4.80. The van der Waals surface area contributed by atoms with Gasteiger partial charge in [0.25, 0.3) is 0 Å². The van der Waals surface area contributed by atoms with Gasteiger partial charge < -0.3 is 0 Å². The van der Waals surface area contributed by atoms with Gasteiger partial charge in [-0.25, -0.2) is 0 Å². The molecule has 1 aromatic rings. The van der Waals surface area contributed by atoms with Crippen molar-refractivity contribution in [3.8, 4) is 11.8 Å². The summed E-state index contributed by atoms with van der Waals surface area (Å²) < 4.78 is 0. The second-order valence-corrected chi connectivity index (χ2v) is 4.80. The highest BCUT2D eigenvalue weighted by molar-refractivity contribution is 5.64. The van der Waals surface area contributed by atoms with Crippen molar-refractivity contribution in [3.05, 3.63) is 41.5 Å². The molecule has 0 unspecified atom stereocenters. The van der Waals surface area contributed by atoms with Gasteiger partial charge in [0.15, 0.2) is 0 Å². The lowest BCUT2D eigenvalue weighted by Gasteiger charge is -2.01. The predicted molar refractivity (Wildman–Crippen MR) is 74.6 cm³/mol. The Bertz CT molecular complexity index is 462. The third-order valence-electron chi connectivity index (χ3n) is 3.53. The van der Waals surface area contributed by atoms with Crippen molar-refractivity contribution in [3.63, 3.8) is 0 Å². The van der Waals surface area contributed by atoms with E-state index in [2.05, 4.69) is 56.0 Å². The van der Waals surface area contributed by atoms with E-state index < -0.39 is 0 Å². The van der Waals surface area contributed by atoms with Crippen LogP contribution in [-0.4, -0.2) is 0 Å². The minimum Gasteiger partial charge on any atom is -0.0945 e. The van der Waals surface area contributed by atoms with Crippen LogP contribution in [0.4, 0.5) is 0 Å². The maximum absolute atomic E-state index is 3.41. The molecular weight excluding hydrogens is 204 g/mol. The van der Waals surface area contributed by atoms with Crippen LogP contribution in [0.3, 0.4) is 0 Å². The first kappa shape index (κ1) is 12.0. The average molecular weight is 224 g/mol. The van der Waals surface area contributed by atoms with Crippen LogP contribution in [0.1, 0.15) is 50.7 Å². The SMILES string of the molecule is CC=C(C)c1cccc(C#CC2CCCC2)c1. The minimum atomic E-state index is 0.640. The zero-order valence-corrected chi connectivity index (χ0v) is 10.8. The van der Waals surface area contributed by atoms with E-state index in [-0.39, 0.29) is 0 Å². The highest BCUT2D eigenvalue weighted by Crippen LogP contribution is 2.23. The molecule has 0 atom stereocenters. The van der Waals surface area contributed by atoms with Gasteiger partial charge >= 0.3 is 0 Å². The normalized spacial score (nSPS) is 16.7. The fourth-order valence-corrected chi connectivity index (χ4v) is 2.26. The predicted octanol–water partition coefficient (Wildman–Crippen LogP) is 4.65. The van der Waals surface area contributed by atoms with Gasteiger partial charge in [-0.2, -0.15) is 0 Å². The molecule has 0 N–H and O–H groups in total. The topological polar surface area (TPSA) is 0 Å². The summed E-state index contributed by atoms with van der Waals surface area (Å²) in [5, 5.41) is 0. The average Bonchev–Trinajstić information content (AvgIpc) is 2.89. The van der Waals surface area contributed by atoms with Crippen LogP contribution in [0.5, 0.6) is 0 Å². The Kier molecular flexibility index (Phi) is 4.04. The molecule has 0 aromatic heterocycles. The minimum absolute atomic E-state index is 0.640. The Morgan fingerprint density at radius 1 is 1.29 bits per heavy atom. The van der Waals surface area contributed by atoms with Gasteiger partial charge in [-0.1, -0.05) is 42.9 Å². The van der Waals surface area contributed by atoms with Gasteiger partial charge in [0.2, 0.25) is 0 Å². The van der Waals surface area contributed by atoms with Crippen molar-refractivity contribution in [1.82, 2.24) is 0 Å². The summed E-state index contributed by atoms with van der Waals surface area (Å²) in [4.78, 5) is 0. The van der Waals surface area contributed by atoms with Crippen molar-refractivity contribution in [2.24, 2.45) is 5.92 Å². The number of rotatable bonds is 1. The monoisotopic (exact) mass is 224 g/mol. The molecule has 0 bridgehead atoms. The highest BCUT2D eigenvalue weighted by atomic mass is 14.1. The lowest BCUT2D eigenvalue weighted by molar-refractivity contribution is 0.712. The number of hydrogen-bond acceptors (Lipinski definition) is 0. The van der Waals surface area contributed by atoms with Crippen LogP contribution in [0.25, 0.3) is 5.57 Å². The van der Waals surface area contributed by atoms with Gasteiger partial charge in [-0.15, -0.1) is 0 Å². The first-order valence-electron chi connectivity index (χ1n) is 6.54. The molecule has 0 aliphatic heterocycles. The number of allylic oxidation sites excluding steroid dienone is 2. The molecule has 0 saturated heterocycles. The van der Waals surface area contributed by atoms with Crippen molar-refractivity contribution in [2.45, 2.75) is 39.5 Å². The smallest absolute Gasteiger partial charge is 0.0251 e. The molecule has 0 heteroatoms. The standard InChI is InChI=1S/C17H20/c1-3-14(2)17-10-6-9-16(13-17)12-11-15-7-4-5-8-15/h3,6,9-10,13,15H,4-5,7-8H2,1-2H3. The fraction of sp³-hybridized carbons (Fsp3) is 0.412. The molecular formula is C17H20. The lowest BCUT2D eigenvalue weighted by atomic mass is 10.0. The maximum atomic E-state index is 3.41. The van der Waals surface area contributed by atoms with Crippen molar-refractivity contribution in [1.29, 1.82) is 0 Å². The van der Waals surface area contributed by atoms with E-state index >= 15 is 0 Å². The highest BCUT2D eigenvalue weighted by Gasteiger charge is 2.11. The van der Waals surface area contributed by atoms with Crippen LogP contribution < -0.4 is 0 Å². The Morgan fingerprint density at radius 2 is 2.06 bits per heavy atom. The molecule has 1 saturated carbocycles. The quantitative estimate of drug-likeness (QED) is 0.609. The van der Waals surface area contributed by atoms with E-state index in [1.54, 1.807) is 0 Å². The van der Waals surface area contributed by atoms with Crippen LogP contribution >= 0.6 is 0 Å². The van der Waals surface area contributed by atoms with Crippen molar-refractivity contribution in [2.75, 3.05) is 0 Å². The van der Waals surface area contributed by atoms with Crippen LogP contribution in [0.15, 0.2) is 30.3 Å². The summed E-state index contributed by atoms with van der Waals surface area (Å²) in [6.45, 7) is 4.22. The molecule has 2 rings (SSSR count). The molecule has 1 aliphatic carbocycles. The third kappa shape index (κ3) is 3.24. The number of benzene rings is 1. The van der Waals surface area contributed by atoms with Gasteiger partial charge in [0.1, 0.15) is 0 Å². The Hall–Kier alpha value is -1.48. The molecule has 1 aromatic carbocycles. The van der Waals surface area contributed by atoms with E-state index in [1.165, 1.54) is 36.8 Å². The van der Waals surface area contributed by atoms with Gasteiger partial charge in [0.05, 0.1) is 0 Å². The number of hydrogen-bond donors (Lipinski definition) is 0. The first-order chi connectivity index (χ1) is 8.29. The lowest BCUT2D eigenvalue weighted by Crippen LogP contribution is -1.87. The molecule has 0 nitrogen and oxygen atoms in total. The van der Waals surface area contributed by atoms with E-state index in [0.717, 1.165) is 5.56 Å². The van der Waals surface area contributed by atoms with E-state index in [9.17, 15) is 0 Å². The second kappa shape index (κ2) is 5.73. The summed E-state index contributed by atoms with van der Waals surface area (Å²) >= 11 is 0. The summed E-state index contributed by atoms with van der Waals surface area (Å²) in [5.74, 6) is 7.38. The van der Waals surface area contributed by atoms with Crippen molar-refractivity contribution < 1.29 is 0 Å². The Balaban J connectivity index is 2.15. The fourth-order valence-electron chi connectivity index (χ4n) is 2.26. The van der Waals surface area contributed by atoms with E-state index in [1.807, 2.05) is 0 Å². The zero-order valence-electron chi connectivity index (χ0n) is 10.8. The third-order valence-corrected chi connectivity index (χ3v) is 3.53. The molecule has 0 amide bonds. The molecule has 1 aliphatic rings. The van der Waals surface area contributed by atoms with Crippen LogP contribution in [-0.2, 0) is 0 Å². The molecule has 0 spiro atoms. The molecule has 0 radical (unpaired) electrons. The van der Waals surface area contributed by atoms with Crippen molar-refractivity contribution >= 4 is 5.57 Å². The zero-order chi connectivity index (χ0) is 12.1. The van der Waals surface area contributed by atoms with Crippen LogP contribution in [0, 0.1) is 17.8 Å². The first-order valence-corrected chi connectivity index (χ1v) is 6.54. The van der Waals surface area contributed by atoms with Gasteiger partial charge in [0, 0.05) is 11.5 Å². The summed E-state index contributed by atoms with van der Waals surface area (Å²) in [6, 6.07) is 8.54. The van der Waals surface area contributed by atoms with Gasteiger partial charge in [-0.05, 0) is 50.0 Å². The Morgan fingerprint density at radius 3 is 2.76 bits per heavy atom. The summed E-state index contributed by atoms with van der Waals surface area (Å²) in [5.41, 5.74) is 3.75. The van der Waals surface area contributed by atoms with Gasteiger partial charge in [-0.3, -0.25) is 0 Å². The van der Waals surface area contributed by atoms with E-state index in [0.29, 0.717) is 5.92 Å². The Labute approximate surface area is 105 Å². The van der Waals surface area contributed by atoms with Crippen LogP contribution in [0.2, 0.25) is 0 Å². The molecule has 88 valence electrons. The summed E-state index contributed by atoms with van der Waals surface area (Å²) in [6.07, 6.45) is 7.44. The van der Waals surface area contributed by atoms with E-state index in [4.69, 9.17) is 0 Å². The summed E-state index contributed by atoms with van der Waals surface area (Å²) in [7, 11) is 0. The molecule has 17 heavy (non-hydrogen) atoms. The largest absolute Gasteiger partial charge is 0.0945 e. The molecule has 0 heterocycles. The molecule has 1 fully saturated rings. The maximum Gasteiger partial charge on any atom is 0.0251 e.